The summed E-state index contributed by atoms with van der Waals surface area (Å²) in [5.41, 5.74) is 7.09. The number of benzene rings is 1. The Balaban J connectivity index is 2.64. The predicted molar refractivity (Wildman–Crippen MR) is 65.7 cm³/mol. The van der Waals surface area contributed by atoms with Crippen LogP contribution in [0.15, 0.2) is 18.2 Å². The lowest BCUT2D eigenvalue weighted by molar-refractivity contribution is 0.372. The van der Waals surface area contributed by atoms with Crippen LogP contribution in [0, 0.1) is 0 Å². The minimum Gasteiger partial charge on any atom is -0.504 e. The highest BCUT2D eigenvalue weighted by Gasteiger charge is 2.09. The molecule has 0 aliphatic rings. The lowest BCUT2D eigenvalue weighted by Crippen LogP contribution is -2.10. The molecule has 0 aliphatic carbocycles. The number of unbranched alkanes of at least 4 members (excludes halogenated alkanes) is 2. The van der Waals surface area contributed by atoms with E-state index in [1.807, 2.05) is 12.1 Å². The van der Waals surface area contributed by atoms with Crippen molar-refractivity contribution in [1.82, 2.24) is 0 Å². The molecule has 0 aliphatic heterocycles. The van der Waals surface area contributed by atoms with Gasteiger partial charge >= 0.3 is 0 Å². The molecule has 0 spiro atoms. The Morgan fingerprint density at radius 3 is 2.75 bits per heavy atom. The minimum atomic E-state index is 0.0287. The van der Waals surface area contributed by atoms with Gasteiger partial charge in [0.05, 0.1) is 7.11 Å². The molecule has 1 rings (SSSR count). The third-order valence-corrected chi connectivity index (χ3v) is 2.75. The highest BCUT2D eigenvalue weighted by Crippen LogP contribution is 2.29. The Bertz CT molecular complexity index is 326. The molecule has 1 aromatic rings. The number of ether oxygens (including phenoxy) is 1. The Morgan fingerprint density at radius 1 is 1.38 bits per heavy atom. The van der Waals surface area contributed by atoms with Crippen molar-refractivity contribution in [2.75, 3.05) is 7.11 Å². The minimum absolute atomic E-state index is 0.0287. The highest BCUT2D eigenvalue weighted by molar-refractivity contribution is 5.42. The van der Waals surface area contributed by atoms with Gasteiger partial charge in [-0.05, 0) is 24.1 Å². The van der Waals surface area contributed by atoms with E-state index in [0.29, 0.717) is 5.75 Å². The molecule has 0 heterocycles. The molecule has 16 heavy (non-hydrogen) atoms. The van der Waals surface area contributed by atoms with Crippen molar-refractivity contribution in [3.63, 3.8) is 0 Å². The smallest absolute Gasteiger partial charge is 0.160 e. The van der Waals surface area contributed by atoms with Gasteiger partial charge in [-0.2, -0.15) is 0 Å². The predicted octanol–water partition coefficient (Wildman–Crippen LogP) is 2.98. The third kappa shape index (κ3) is 3.42. The maximum atomic E-state index is 9.47. The number of aromatic hydroxyl groups is 1. The number of phenolic OH excluding ortho intramolecular Hbond substituents is 1. The van der Waals surface area contributed by atoms with E-state index in [-0.39, 0.29) is 11.8 Å². The van der Waals surface area contributed by atoms with Gasteiger partial charge in [0, 0.05) is 6.04 Å². The summed E-state index contributed by atoms with van der Waals surface area (Å²) in [6, 6.07) is 5.33. The number of phenols is 1. The zero-order chi connectivity index (χ0) is 12.0. The molecule has 1 aromatic carbocycles. The van der Waals surface area contributed by atoms with Crippen LogP contribution in [0.4, 0.5) is 0 Å². The van der Waals surface area contributed by atoms with Gasteiger partial charge in [-0.25, -0.2) is 0 Å². The normalized spacial score (nSPS) is 12.4. The first-order valence-electron chi connectivity index (χ1n) is 5.81. The fourth-order valence-electron chi connectivity index (χ4n) is 1.71. The van der Waals surface area contributed by atoms with Crippen molar-refractivity contribution in [2.45, 2.75) is 38.6 Å². The van der Waals surface area contributed by atoms with Crippen molar-refractivity contribution in [3.8, 4) is 11.5 Å². The summed E-state index contributed by atoms with van der Waals surface area (Å²) in [5.74, 6) is 0.649. The summed E-state index contributed by atoms with van der Waals surface area (Å²) in [7, 11) is 1.54. The molecule has 0 amide bonds. The Labute approximate surface area is 97.2 Å². The summed E-state index contributed by atoms with van der Waals surface area (Å²) in [5, 5.41) is 9.47. The van der Waals surface area contributed by atoms with Crippen molar-refractivity contribution in [3.05, 3.63) is 23.8 Å². The first-order chi connectivity index (χ1) is 7.69. The summed E-state index contributed by atoms with van der Waals surface area (Å²) in [6.45, 7) is 2.18. The molecule has 3 N–H and O–H groups in total. The average Bonchev–Trinajstić information content (AvgIpc) is 2.30. The van der Waals surface area contributed by atoms with Crippen LogP contribution in [0.2, 0.25) is 0 Å². The van der Waals surface area contributed by atoms with Crippen LogP contribution in [0.3, 0.4) is 0 Å². The maximum absolute atomic E-state index is 9.47. The van der Waals surface area contributed by atoms with Gasteiger partial charge in [-0.1, -0.05) is 32.3 Å². The van der Waals surface area contributed by atoms with E-state index in [2.05, 4.69) is 6.92 Å². The molecule has 0 radical (unpaired) electrons. The zero-order valence-electron chi connectivity index (χ0n) is 10.1. The number of hydrogen-bond donors (Lipinski definition) is 2. The van der Waals surface area contributed by atoms with Gasteiger partial charge in [-0.15, -0.1) is 0 Å². The molecule has 0 fully saturated rings. The van der Waals surface area contributed by atoms with E-state index in [9.17, 15) is 5.11 Å². The van der Waals surface area contributed by atoms with Crippen LogP contribution in [0.25, 0.3) is 0 Å². The van der Waals surface area contributed by atoms with Crippen LogP contribution in [-0.2, 0) is 0 Å². The average molecular weight is 223 g/mol. The second-order valence-electron chi connectivity index (χ2n) is 4.03. The van der Waals surface area contributed by atoms with Gasteiger partial charge in [0.15, 0.2) is 11.5 Å². The van der Waals surface area contributed by atoms with Crippen LogP contribution in [-0.4, -0.2) is 12.2 Å². The molecular formula is C13H21NO2. The topological polar surface area (TPSA) is 55.5 Å². The molecule has 0 unspecified atom stereocenters. The summed E-state index contributed by atoms with van der Waals surface area (Å²) >= 11 is 0. The molecule has 0 saturated carbocycles. The molecule has 90 valence electrons. The van der Waals surface area contributed by atoms with Crippen LogP contribution >= 0.6 is 0 Å². The highest BCUT2D eigenvalue weighted by atomic mass is 16.5. The lowest BCUT2D eigenvalue weighted by atomic mass is 10.0. The van der Waals surface area contributed by atoms with E-state index in [0.717, 1.165) is 18.4 Å². The molecule has 0 bridgehead atoms. The van der Waals surface area contributed by atoms with Crippen LogP contribution < -0.4 is 10.5 Å². The van der Waals surface area contributed by atoms with Crippen molar-refractivity contribution >= 4 is 0 Å². The van der Waals surface area contributed by atoms with Crippen LogP contribution in [0.1, 0.15) is 44.2 Å². The monoisotopic (exact) mass is 223 g/mol. The van der Waals surface area contributed by atoms with Gasteiger partial charge < -0.3 is 15.6 Å². The van der Waals surface area contributed by atoms with E-state index in [4.69, 9.17) is 10.5 Å². The molecular weight excluding hydrogens is 202 g/mol. The molecule has 3 heteroatoms. The fourth-order valence-corrected chi connectivity index (χ4v) is 1.71. The first-order valence-corrected chi connectivity index (χ1v) is 5.81. The molecule has 1 atom stereocenters. The lowest BCUT2D eigenvalue weighted by Gasteiger charge is -2.13. The second-order valence-corrected chi connectivity index (χ2v) is 4.03. The zero-order valence-corrected chi connectivity index (χ0v) is 10.1. The summed E-state index contributed by atoms with van der Waals surface area (Å²) < 4.78 is 5.06. The summed E-state index contributed by atoms with van der Waals surface area (Å²) in [6.07, 6.45) is 4.52. The molecule has 0 saturated heterocycles. The van der Waals surface area contributed by atoms with E-state index >= 15 is 0 Å². The second kappa shape index (κ2) is 6.38. The van der Waals surface area contributed by atoms with Gasteiger partial charge in [0.1, 0.15) is 0 Å². The van der Waals surface area contributed by atoms with Crippen molar-refractivity contribution in [1.29, 1.82) is 0 Å². The third-order valence-electron chi connectivity index (χ3n) is 2.75. The van der Waals surface area contributed by atoms with Crippen molar-refractivity contribution < 1.29 is 9.84 Å². The Morgan fingerprint density at radius 2 is 2.12 bits per heavy atom. The largest absolute Gasteiger partial charge is 0.504 e. The number of methoxy groups -OCH3 is 1. The molecule has 0 aromatic heterocycles. The summed E-state index contributed by atoms with van der Waals surface area (Å²) in [4.78, 5) is 0. The van der Waals surface area contributed by atoms with Gasteiger partial charge in [-0.3, -0.25) is 0 Å². The number of nitrogens with two attached hydrogens (primary N) is 1. The number of rotatable bonds is 6. The Hall–Kier alpha value is -1.22. The SMILES string of the molecule is CCCCC[C@H](N)c1ccc(O)c(OC)c1. The molecule has 3 nitrogen and oxygen atoms in total. The first kappa shape index (κ1) is 12.8. The van der Waals surface area contributed by atoms with E-state index in [1.165, 1.54) is 12.8 Å². The van der Waals surface area contributed by atoms with E-state index in [1.54, 1.807) is 13.2 Å². The van der Waals surface area contributed by atoms with Crippen LogP contribution in [0.5, 0.6) is 11.5 Å². The quantitative estimate of drug-likeness (QED) is 0.729. The van der Waals surface area contributed by atoms with E-state index < -0.39 is 0 Å². The maximum Gasteiger partial charge on any atom is 0.160 e. The van der Waals surface area contributed by atoms with Crippen molar-refractivity contribution in [2.24, 2.45) is 5.73 Å². The van der Waals surface area contributed by atoms with Gasteiger partial charge in [0.2, 0.25) is 0 Å². The fraction of sp³-hybridized carbons (Fsp3) is 0.538. The number of hydrogen-bond acceptors (Lipinski definition) is 3. The van der Waals surface area contributed by atoms with Gasteiger partial charge in [0.25, 0.3) is 0 Å². The Kier molecular flexibility index (Phi) is 5.12. The standard InChI is InChI=1S/C13H21NO2/c1-3-4-5-6-11(14)10-7-8-12(15)13(9-10)16-2/h7-9,11,15H,3-6,14H2,1-2H3/t11-/m0/s1.